The molecule has 23 heavy (non-hydrogen) atoms. The van der Waals surface area contributed by atoms with Gasteiger partial charge in [-0.1, -0.05) is 6.92 Å². The van der Waals surface area contributed by atoms with Crippen molar-refractivity contribution in [3.05, 3.63) is 29.8 Å². The van der Waals surface area contributed by atoms with Crippen molar-refractivity contribution >= 4 is 17.9 Å². The van der Waals surface area contributed by atoms with Crippen molar-refractivity contribution in [3.8, 4) is 0 Å². The Morgan fingerprint density at radius 3 is 2.74 bits per heavy atom. The zero-order chi connectivity index (χ0) is 16.3. The van der Waals surface area contributed by atoms with Crippen LogP contribution < -0.4 is 5.32 Å². The average Bonchev–Trinajstić information content (AvgIpc) is 2.60. The van der Waals surface area contributed by atoms with E-state index in [-0.39, 0.29) is 5.91 Å². The van der Waals surface area contributed by atoms with Gasteiger partial charge in [0, 0.05) is 42.1 Å². The number of carbonyl (C=O) groups excluding carboxylic acids is 1. The van der Waals surface area contributed by atoms with Gasteiger partial charge in [-0.3, -0.25) is 9.69 Å². The highest BCUT2D eigenvalue weighted by Crippen LogP contribution is 2.19. The second-order valence-electron chi connectivity index (χ2n) is 5.49. The molecule has 1 aromatic rings. The van der Waals surface area contributed by atoms with E-state index >= 15 is 0 Å². The lowest BCUT2D eigenvalue weighted by Gasteiger charge is -2.26. The predicted molar refractivity (Wildman–Crippen MR) is 92.8 cm³/mol. The molecule has 5 nitrogen and oxygen atoms in total. The largest absolute Gasteiger partial charge is 0.379 e. The molecule has 1 aliphatic rings. The summed E-state index contributed by atoms with van der Waals surface area (Å²) in [4.78, 5) is 15.5. The van der Waals surface area contributed by atoms with Crippen molar-refractivity contribution in [2.45, 2.75) is 24.7 Å². The third kappa shape index (κ3) is 6.91. The Morgan fingerprint density at radius 1 is 1.30 bits per heavy atom. The van der Waals surface area contributed by atoms with Crippen LogP contribution in [-0.2, 0) is 8.92 Å². The van der Waals surface area contributed by atoms with Crippen molar-refractivity contribution in [1.29, 1.82) is 0 Å². The molecule has 0 radical (unpaired) electrons. The molecule has 1 aromatic carbocycles. The zero-order valence-electron chi connectivity index (χ0n) is 13.8. The molecule has 128 valence electrons. The maximum absolute atomic E-state index is 12.1. The van der Waals surface area contributed by atoms with Crippen molar-refractivity contribution in [1.82, 2.24) is 10.2 Å². The van der Waals surface area contributed by atoms with Crippen molar-refractivity contribution in [2.24, 2.45) is 0 Å². The lowest BCUT2D eigenvalue weighted by molar-refractivity contribution is 0.0374. The van der Waals surface area contributed by atoms with Gasteiger partial charge in [-0.05, 0) is 43.7 Å². The van der Waals surface area contributed by atoms with Gasteiger partial charge < -0.3 is 14.2 Å². The highest BCUT2D eigenvalue weighted by molar-refractivity contribution is 7.94. The van der Waals surface area contributed by atoms with Gasteiger partial charge in [-0.25, -0.2) is 0 Å². The van der Waals surface area contributed by atoms with Crippen LogP contribution in [0.4, 0.5) is 0 Å². The Hall–Kier alpha value is -1.08. The van der Waals surface area contributed by atoms with Crippen LogP contribution in [-0.4, -0.2) is 56.8 Å². The first kappa shape index (κ1) is 18.3. The second-order valence-corrected chi connectivity index (χ2v) is 6.37. The third-order valence-corrected chi connectivity index (χ3v) is 4.35. The van der Waals surface area contributed by atoms with Gasteiger partial charge in [-0.15, -0.1) is 0 Å². The highest BCUT2D eigenvalue weighted by atomic mass is 32.2. The van der Waals surface area contributed by atoms with Crippen LogP contribution in [0.2, 0.25) is 0 Å². The van der Waals surface area contributed by atoms with Crippen LogP contribution in [0.15, 0.2) is 29.2 Å². The number of benzene rings is 1. The number of rotatable bonds is 9. The van der Waals surface area contributed by atoms with E-state index < -0.39 is 0 Å². The fourth-order valence-corrected chi connectivity index (χ4v) is 2.92. The van der Waals surface area contributed by atoms with E-state index in [9.17, 15) is 4.79 Å². The lowest BCUT2D eigenvalue weighted by atomic mass is 10.2. The number of ether oxygens (including phenoxy) is 1. The normalized spacial score (nSPS) is 15.5. The molecule has 0 atom stereocenters. The molecule has 1 amide bonds. The summed E-state index contributed by atoms with van der Waals surface area (Å²) in [7, 11) is 0. The number of nitrogens with zero attached hydrogens (tertiary/aromatic N) is 1. The van der Waals surface area contributed by atoms with Gasteiger partial charge >= 0.3 is 0 Å². The first-order valence-corrected chi connectivity index (χ1v) is 9.01. The topological polar surface area (TPSA) is 50.8 Å². The number of hydrogen-bond donors (Lipinski definition) is 1. The summed E-state index contributed by atoms with van der Waals surface area (Å²) in [6.45, 7) is 8.14. The molecule has 0 saturated carbocycles. The summed E-state index contributed by atoms with van der Waals surface area (Å²) < 4.78 is 10.7. The summed E-state index contributed by atoms with van der Waals surface area (Å²) in [6.07, 6.45) is 1.96. The van der Waals surface area contributed by atoms with E-state index in [4.69, 9.17) is 8.92 Å². The Balaban J connectivity index is 1.64. The maximum Gasteiger partial charge on any atom is 0.251 e. The Kier molecular flexibility index (Phi) is 8.46. The van der Waals surface area contributed by atoms with E-state index in [0.29, 0.717) is 12.1 Å². The summed E-state index contributed by atoms with van der Waals surface area (Å²) in [5.74, 6) is -0.0157. The van der Waals surface area contributed by atoms with Crippen molar-refractivity contribution in [3.63, 3.8) is 0 Å². The van der Waals surface area contributed by atoms with Crippen LogP contribution in [0.5, 0.6) is 0 Å². The first-order valence-electron chi connectivity index (χ1n) is 8.27. The van der Waals surface area contributed by atoms with E-state index in [2.05, 4.69) is 17.1 Å². The lowest BCUT2D eigenvalue weighted by Crippen LogP contribution is -2.38. The molecule has 2 rings (SSSR count). The minimum absolute atomic E-state index is 0.0157. The maximum atomic E-state index is 12.1. The molecule has 0 aromatic heterocycles. The number of morpholine rings is 1. The van der Waals surface area contributed by atoms with E-state index in [0.717, 1.165) is 57.2 Å². The molecule has 1 heterocycles. The van der Waals surface area contributed by atoms with Crippen LogP contribution in [0.1, 0.15) is 30.1 Å². The Labute approximate surface area is 142 Å². The molecule has 1 N–H and O–H groups in total. The molecular weight excluding hydrogens is 312 g/mol. The van der Waals surface area contributed by atoms with E-state index in [1.54, 1.807) is 0 Å². The molecule has 0 aliphatic carbocycles. The van der Waals surface area contributed by atoms with Gasteiger partial charge in [0.15, 0.2) is 0 Å². The molecule has 0 spiro atoms. The van der Waals surface area contributed by atoms with E-state index in [1.165, 1.54) is 12.0 Å². The van der Waals surface area contributed by atoms with Gasteiger partial charge in [0.05, 0.1) is 19.8 Å². The number of hydrogen-bond acceptors (Lipinski definition) is 5. The molecule has 0 unspecified atom stereocenters. The monoisotopic (exact) mass is 338 g/mol. The standard InChI is InChI=1S/C17H26N2O3S/c1-2-12-22-23-16-6-4-15(5-7-16)17(20)18-8-3-9-19-10-13-21-14-11-19/h4-7H,2-3,8-14H2,1H3,(H,18,20). The van der Waals surface area contributed by atoms with Gasteiger partial charge in [0.1, 0.15) is 0 Å². The average molecular weight is 338 g/mol. The van der Waals surface area contributed by atoms with Crippen LogP contribution in [0.3, 0.4) is 0 Å². The smallest absolute Gasteiger partial charge is 0.251 e. The number of carbonyl (C=O) groups is 1. The molecule has 6 heteroatoms. The van der Waals surface area contributed by atoms with Gasteiger partial charge in [0.2, 0.25) is 0 Å². The third-order valence-electron chi connectivity index (χ3n) is 3.60. The fourth-order valence-electron chi connectivity index (χ4n) is 2.29. The van der Waals surface area contributed by atoms with Crippen molar-refractivity contribution in [2.75, 3.05) is 46.0 Å². The van der Waals surface area contributed by atoms with Crippen LogP contribution in [0.25, 0.3) is 0 Å². The zero-order valence-corrected chi connectivity index (χ0v) is 14.6. The molecule has 0 bridgehead atoms. The second kappa shape index (κ2) is 10.6. The quantitative estimate of drug-likeness (QED) is 0.554. The van der Waals surface area contributed by atoms with Crippen LogP contribution in [0, 0.1) is 0 Å². The van der Waals surface area contributed by atoms with E-state index in [1.807, 2.05) is 24.3 Å². The Bertz CT molecular complexity index is 461. The summed E-state index contributed by atoms with van der Waals surface area (Å²) in [6, 6.07) is 7.52. The van der Waals surface area contributed by atoms with Crippen molar-refractivity contribution < 1.29 is 13.7 Å². The number of nitrogens with one attached hydrogen (secondary N) is 1. The Morgan fingerprint density at radius 2 is 2.04 bits per heavy atom. The molecule has 1 fully saturated rings. The summed E-state index contributed by atoms with van der Waals surface area (Å²) in [5, 5.41) is 2.98. The minimum Gasteiger partial charge on any atom is -0.379 e. The molecule has 1 saturated heterocycles. The van der Waals surface area contributed by atoms with Gasteiger partial charge in [0.25, 0.3) is 5.91 Å². The first-order chi connectivity index (χ1) is 11.3. The van der Waals surface area contributed by atoms with Gasteiger partial charge in [-0.2, -0.15) is 0 Å². The molecular formula is C17H26N2O3S. The highest BCUT2D eigenvalue weighted by Gasteiger charge is 2.10. The summed E-state index contributed by atoms with van der Waals surface area (Å²) >= 11 is 1.36. The SMILES string of the molecule is CCCOSc1ccc(C(=O)NCCCN2CCOCC2)cc1. The molecule has 1 aliphatic heterocycles. The number of amides is 1. The summed E-state index contributed by atoms with van der Waals surface area (Å²) in [5.41, 5.74) is 0.691. The predicted octanol–water partition coefficient (Wildman–Crippen LogP) is 2.57. The fraction of sp³-hybridized carbons (Fsp3) is 0.588. The van der Waals surface area contributed by atoms with Crippen LogP contribution >= 0.6 is 12.0 Å². The minimum atomic E-state index is -0.0157.